The fraction of sp³-hybridized carbons (Fsp3) is 0.409. The van der Waals surface area contributed by atoms with Crippen molar-refractivity contribution in [3.63, 3.8) is 0 Å². The topological polar surface area (TPSA) is 80.1 Å². The van der Waals surface area contributed by atoms with Crippen molar-refractivity contribution in [3.8, 4) is 0 Å². The number of rotatable bonds is 5. The summed E-state index contributed by atoms with van der Waals surface area (Å²) in [5.41, 5.74) is 10.3. The predicted molar refractivity (Wildman–Crippen MR) is 115 cm³/mol. The summed E-state index contributed by atoms with van der Waals surface area (Å²) >= 11 is 0. The van der Waals surface area contributed by atoms with Crippen LogP contribution in [0.1, 0.15) is 15.9 Å². The van der Waals surface area contributed by atoms with Crippen LogP contribution in [0.15, 0.2) is 42.5 Å². The van der Waals surface area contributed by atoms with E-state index in [0.29, 0.717) is 25.3 Å². The van der Waals surface area contributed by atoms with Gasteiger partial charge in [-0.05, 0) is 35.9 Å². The Hall–Kier alpha value is -2.61. The van der Waals surface area contributed by atoms with Crippen LogP contribution in [0.4, 0.5) is 17.1 Å². The highest BCUT2D eigenvalue weighted by atomic mass is 16.5. The fourth-order valence-corrected chi connectivity index (χ4v) is 3.70. The van der Waals surface area contributed by atoms with Gasteiger partial charge < -0.3 is 30.3 Å². The molecule has 7 nitrogen and oxygen atoms in total. The third kappa shape index (κ3) is 4.70. The van der Waals surface area contributed by atoms with Gasteiger partial charge in [0.15, 0.2) is 0 Å². The minimum Gasteiger partial charge on any atom is -0.378 e. The molecule has 0 atom stereocenters. The fourth-order valence-electron chi connectivity index (χ4n) is 3.70. The maximum atomic E-state index is 12.8. The normalized spacial score (nSPS) is 17.3. The van der Waals surface area contributed by atoms with Crippen LogP contribution >= 0.6 is 0 Å². The van der Waals surface area contributed by atoms with E-state index in [4.69, 9.17) is 15.2 Å². The zero-order valence-corrected chi connectivity index (χ0v) is 16.6. The molecule has 29 heavy (non-hydrogen) atoms. The molecule has 2 aliphatic heterocycles. The van der Waals surface area contributed by atoms with Crippen molar-refractivity contribution >= 4 is 23.0 Å². The van der Waals surface area contributed by atoms with Gasteiger partial charge in [0.1, 0.15) is 0 Å². The summed E-state index contributed by atoms with van der Waals surface area (Å²) in [6, 6.07) is 13.6. The van der Waals surface area contributed by atoms with E-state index < -0.39 is 0 Å². The number of hydrogen-bond acceptors (Lipinski definition) is 6. The van der Waals surface area contributed by atoms with E-state index in [1.165, 1.54) is 0 Å². The third-order valence-corrected chi connectivity index (χ3v) is 5.41. The molecule has 4 rings (SSSR count). The second-order valence-electron chi connectivity index (χ2n) is 7.26. The van der Waals surface area contributed by atoms with E-state index in [-0.39, 0.29) is 5.91 Å². The molecule has 0 unspecified atom stereocenters. The lowest BCUT2D eigenvalue weighted by molar-refractivity contribution is 0.102. The van der Waals surface area contributed by atoms with E-state index in [9.17, 15) is 4.79 Å². The predicted octanol–water partition coefficient (Wildman–Crippen LogP) is 2.07. The number of morpholine rings is 2. The Morgan fingerprint density at radius 1 is 0.897 bits per heavy atom. The van der Waals surface area contributed by atoms with E-state index >= 15 is 0 Å². The molecule has 2 saturated heterocycles. The Morgan fingerprint density at radius 2 is 1.52 bits per heavy atom. The lowest BCUT2D eigenvalue weighted by atomic mass is 10.1. The lowest BCUT2D eigenvalue weighted by Gasteiger charge is -2.33. The first kappa shape index (κ1) is 19.7. The van der Waals surface area contributed by atoms with Crippen molar-refractivity contribution in [1.82, 2.24) is 0 Å². The lowest BCUT2D eigenvalue weighted by Crippen LogP contribution is -2.38. The van der Waals surface area contributed by atoms with Gasteiger partial charge in [0, 0.05) is 44.0 Å². The highest BCUT2D eigenvalue weighted by molar-refractivity contribution is 6.06. The van der Waals surface area contributed by atoms with Crippen molar-refractivity contribution in [3.05, 3.63) is 53.6 Å². The number of nitrogens with zero attached hydrogens (tertiary/aromatic N) is 2. The van der Waals surface area contributed by atoms with Gasteiger partial charge in [0.25, 0.3) is 5.91 Å². The van der Waals surface area contributed by atoms with Gasteiger partial charge in [-0.15, -0.1) is 0 Å². The Kier molecular flexibility index (Phi) is 6.29. The van der Waals surface area contributed by atoms with Crippen LogP contribution in [0.2, 0.25) is 0 Å². The number of hydrogen-bond donors (Lipinski definition) is 2. The monoisotopic (exact) mass is 396 g/mol. The number of amides is 1. The van der Waals surface area contributed by atoms with Gasteiger partial charge in [0.2, 0.25) is 0 Å². The summed E-state index contributed by atoms with van der Waals surface area (Å²) in [5.74, 6) is -0.123. The number of carbonyl (C=O) groups is 1. The zero-order chi connectivity index (χ0) is 20.1. The van der Waals surface area contributed by atoms with Crippen molar-refractivity contribution in [2.45, 2.75) is 6.54 Å². The van der Waals surface area contributed by atoms with Gasteiger partial charge in [-0.2, -0.15) is 0 Å². The highest BCUT2D eigenvalue weighted by Crippen LogP contribution is 2.32. The maximum absolute atomic E-state index is 12.8. The number of nitrogens with one attached hydrogen (secondary N) is 1. The number of anilines is 3. The standard InChI is InChI=1S/C22H28N4O3/c23-16-17-1-3-18(4-2-17)22(27)24-20-6-5-19(25-7-11-28-12-8-25)15-21(20)26-9-13-29-14-10-26/h1-6,15H,7-14,16,23H2,(H,24,27). The molecule has 0 bridgehead atoms. The Bertz CT molecular complexity index is 828. The summed E-state index contributed by atoms with van der Waals surface area (Å²) in [6.07, 6.45) is 0. The van der Waals surface area contributed by atoms with Crippen molar-refractivity contribution in [2.24, 2.45) is 5.73 Å². The van der Waals surface area contributed by atoms with Crippen molar-refractivity contribution in [2.75, 3.05) is 67.7 Å². The molecule has 0 aromatic heterocycles. The average molecular weight is 396 g/mol. The smallest absolute Gasteiger partial charge is 0.255 e. The molecule has 2 fully saturated rings. The summed E-state index contributed by atoms with van der Waals surface area (Å²) in [4.78, 5) is 17.4. The Balaban J connectivity index is 1.59. The Labute approximate surface area is 171 Å². The van der Waals surface area contributed by atoms with Crippen LogP contribution in [0.3, 0.4) is 0 Å². The van der Waals surface area contributed by atoms with Gasteiger partial charge in [-0.3, -0.25) is 4.79 Å². The first-order chi connectivity index (χ1) is 14.2. The van der Waals surface area contributed by atoms with E-state index in [1.807, 2.05) is 30.3 Å². The minimum absolute atomic E-state index is 0.123. The molecule has 154 valence electrons. The number of carbonyl (C=O) groups excluding carboxylic acids is 1. The van der Waals surface area contributed by atoms with Crippen LogP contribution in [-0.4, -0.2) is 58.5 Å². The largest absolute Gasteiger partial charge is 0.378 e. The summed E-state index contributed by atoms with van der Waals surface area (Å²) < 4.78 is 11.0. The van der Waals surface area contributed by atoms with Gasteiger partial charge in [0.05, 0.1) is 37.8 Å². The van der Waals surface area contributed by atoms with Crippen LogP contribution < -0.4 is 20.9 Å². The number of benzene rings is 2. The molecular formula is C22H28N4O3. The van der Waals surface area contributed by atoms with Crippen LogP contribution in [-0.2, 0) is 16.0 Å². The van der Waals surface area contributed by atoms with Crippen LogP contribution in [0.5, 0.6) is 0 Å². The number of ether oxygens (including phenoxy) is 2. The summed E-state index contributed by atoms with van der Waals surface area (Å²) in [7, 11) is 0. The average Bonchev–Trinajstić information content (AvgIpc) is 2.80. The zero-order valence-electron chi connectivity index (χ0n) is 16.6. The van der Waals surface area contributed by atoms with Gasteiger partial charge in [-0.1, -0.05) is 12.1 Å². The molecule has 0 saturated carbocycles. The van der Waals surface area contributed by atoms with Crippen LogP contribution in [0, 0.1) is 0 Å². The van der Waals surface area contributed by atoms with E-state index in [0.717, 1.165) is 62.0 Å². The summed E-state index contributed by atoms with van der Waals surface area (Å²) in [6.45, 7) is 6.69. The minimum atomic E-state index is -0.123. The first-order valence-electron chi connectivity index (χ1n) is 10.1. The molecule has 7 heteroatoms. The molecule has 0 aliphatic carbocycles. The van der Waals surface area contributed by atoms with Gasteiger partial charge in [-0.25, -0.2) is 0 Å². The second-order valence-corrected chi connectivity index (χ2v) is 7.26. The molecule has 0 radical (unpaired) electrons. The third-order valence-electron chi connectivity index (χ3n) is 5.41. The second kappa shape index (κ2) is 9.26. The van der Waals surface area contributed by atoms with Crippen molar-refractivity contribution < 1.29 is 14.3 Å². The molecule has 2 aliphatic rings. The molecule has 0 spiro atoms. The number of nitrogens with two attached hydrogens (primary N) is 1. The highest BCUT2D eigenvalue weighted by Gasteiger charge is 2.20. The van der Waals surface area contributed by atoms with E-state index in [1.54, 1.807) is 0 Å². The molecule has 2 aromatic rings. The molecule has 2 aromatic carbocycles. The quantitative estimate of drug-likeness (QED) is 0.806. The molecule has 3 N–H and O–H groups in total. The van der Waals surface area contributed by atoms with Crippen molar-refractivity contribution in [1.29, 1.82) is 0 Å². The summed E-state index contributed by atoms with van der Waals surface area (Å²) in [5, 5.41) is 3.10. The van der Waals surface area contributed by atoms with Crippen LogP contribution in [0.25, 0.3) is 0 Å². The molecule has 1 amide bonds. The van der Waals surface area contributed by atoms with E-state index in [2.05, 4.69) is 27.2 Å². The Morgan fingerprint density at radius 3 is 2.14 bits per heavy atom. The molecular weight excluding hydrogens is 368 g/mol. The molecule has 2 heterocycles. The SMILES string of the molecule is NCc1ccc(C(=O)Nc2ccc(N3CCOCC3)cc2N2CCOCC2)cc1. The van der Waals surface area contributed by atoms with Gasteiger partial charge >= 0.3 is 0 Å². The first-order valence-corrected chi connectivity index (χ1v) is 10.1. The maximum Gasteiger partial charge on any atom is 0.255 e.